The van der Waals surface area contributed by atoms with Crippen LogP contribution in [0, 0.1) is 17.0 Å². The Kier molecular flexibility index (Phi) is 4.37. The molecule has 0 N–H and O–H groups in total. The molecule has 2 bridgehead atoms. The van der Waals surface area contributed by atoms with Crippen LogP contribution in [0.5, 0.6) is 0 Å². The van der Waals surface area contributed by atoms with Crippen LogP contribution < -0.4 is 0 Å². The molecule has 5 nitrogen and oxygen atoms in total. The molecule has 2 aliphatic carbocycles. The van der Waals surface area contributed by atoms with Crippen LogP contribution in [0.15, 0.2) is 23.3 Å². The summed E-state index contributed by atoms with van der Waals surface area (Å²) in [4.78, 5) is 12.0. The molecule has 0 heterocycles. The van der Waals surface area contributed by atoms with Gasteiger partial charge in [0.2, 0.25) is 0 Å². The molecule has 0 radical (unpaired) electrons. The average Bonchev–Trinajstić information content (AvgIpc) is 2.95. The first-order valence-corrected chi connectivity index (χ1v) is 6.53. The molecule has 0 spiro atoms. The second kappa shape index (κ2) is 6.02. The predicted molar refractivity (Wildman–Crippen MR) is 70.8 cm³/mol. The monoisotopic (exact) mass is 265 g/mol. The van der Waals surface area contributed by atoms with E-state index in [1.807, 2.05) is 0 Å². The van der Waals surface area contributed by atoms with Gasteiger partial charge in [0.15, 0.2) is 6.21 Å². The maximum Gasteiger partial charge on any atom is 0.334 e. The summed E-state index contributed by atoms with van der Waals surface area (Å²) in [6.45, 7) is 2.81. The Morgan fingerprint density at radius 1 is 1.53 bits per heavy atom. The fourth-order valence-corrected chi connectivity index (χ4v) is 2.61. The number of nitrogens with zero attached hydrogens (tertiary/aromatic N) is 1. The standard InChI is InChI=1S/C14H19NO4/c1-3-19-14(16)13-11-5-4-10(8-11)12(13)9-18-7-6-15(2)17/h4-6,10-11H,3,7-9H2,1-2H3/b15-6-. The van der Waals surface area contributed by atoms with E-state index in [2.05, 4.69) is 12.2 Å². The zero-order chi connectivity index (χ0) is 13.8. The van der Waals surface area contributed by atoms with Crippen LogP contribution in [0.1, 0.15) is 13.3 Å². The number of hydrogen-bond acceptors (Lipinski definition) is 4. The van der Waals surface area contributed by atoms with E-state index in [9.17, 15) is 10.0 Å². The van der Waals surface area contributed by atoms with Crippen LogP contribution in [0.4, 0.5) is 0 Å². The number of hydroxylamine groups is 1. The highest BCUT2D eigenvalue weighted by atomic mass is 16.5. The Morgan fingerprint density at radius 3 is 2.95 bits per heavy atom. The molecule has 2 rings (SSSR count). The topological polar surface area (TPSA) is 61.6 Å². The fourth-order valence-electron chi connectivity index (χ4n) is 2.61. The van der Waals surface area contributed by atoms with Crippen LogP contribution in [0.25, 0.3) is 0 Å². The molecule has 0 saturated heterocycles. The summed E-state index contributed by atoms with van der Waals surface area (Å²) in [6.07, 6.45) is 6.54. The van der Waals surface area contributed by atoms with Gasteiger partial charge in [-0.15, -0.1) is 0 Å². The molecule has 2 aliphatic rings. The summed E-state index contributed by atoms with van der Waals surface area (Å²) in [5, 5.41) is 10.7. The second-order valence-corrected chi connectivity index (χ2v) is 4.74. The number of rotatable bonds is 6. The third kappa shape index (κ3) is 3.04. The summed E-state index contributed by atoms with van der Waals surface area (Å²) in [7, 11) is 1.41. The zero-order valence-electron chi connectivity index (χ0n) is 11.3. The van der Waals surface area contributed by atoms with Gasteiger partial charge in [-0.1, -0.05) is 12.2 Å². The van der Waals surface area contributed by atoms with Crippen molar-refractivity contribution in [1.29, 1.82) is 0 Å². The summed E-state index contributed by atoms with van der Waals surface area (Å²) in [5.74, 6) is 0.228. The molecule has 0 aromatic heterocycles. The van der Waals surface area contributed by atoms with Crippen molar-refractivity contribution in [2.45, 2.75) is 13.3 Å². The zero-order valence-corrected chi connectivity index (χ0v) is 11.3. The van der Waals surface area contributed by atoms with Gasteiger partial charge in [0, 0.05) is 17.4 Å². The molecule has 0 fully saturated rings. The Labute approximate surface area is 112 Å². The maximum atomic E-state index is 12.0. The van der Waals surface area contributed by atoms with E-state index in [0.717, 1.165) is 17.6 Å². The largest absolute Gasteiger partial charge is 0.624 e. The van der Waals surface area contributed by atoms with E-state index < -0.39 is 0 Å². The lowest BCUT2D eigenvalue weighted by atomic mass is 9.97. The molecule has 0 saturated carbocycles. The van der Waals surface area contributed by atoms with E-state index in [4.69, 9.17) is 9.47 Å². The number of ether oxygens (including phenoxy) is 2. The summed E-state index contributed by atoms with van der Waals surface area (Å²) < 4.78 is 11.3. The van der Waals surface area contributed by atoms with Crippen LogP contribution in [-0.4, -0.2) is 43.8 Å². The van der Waals surface area contributed by atoms with Crippen molar-refractivity contribution in [2.24, 2.45) is 11.8 Å². The first-order chi connectivity index (χ1) is 9.13. The second-order valence-electron chi connectivity index (χ2n) is 4.74. The molecular formula is C14H19NO4. The third-order valence-corrected chi connectivity index (χ3v) is 3.45. The maximum absolute atomic E-state index is 12.0. The van der Waals surface area contributed by atoms with Crippen LogP contribution in [0.3, 0.4) is 0 Å². The highest BCUT2D eigenvalue weighted by Crippen LogP contribution is 2.44. The average molecular weight is 265 g/mol. The molecule has 104 valence electrons. The van der Waals surface area contributed by atoms with Gasteiger partial charge in [0.25, 0.3) is 0 Å². The summed E-state index contributed by atoms with van der Waals surface area (Å²) >= 11 is 0. The fraction of sp³-hybridized carbons (Fsp3) is 0.571. The Hall–Kier alpha value is -1.62. The number of carbonyl (C=O) groups excluding carboxylic acids is 1. The minimum atomic E-state index is -0.233. The lowest BCUT2D eigenvalue weighted by Crippen LogP contribution is -2.16. The molecule has 5 heteroatoms. The smallest absolute Gasteiger partial charge is 0.334 e. The molecule has 2 atom stereocenters. The number of carbonyl (C=O) groups is 1. The Bertz CT molecular complexity index is 446. The van der Waals surface area contributed by atoms with Crippen molar-refractivity contribution in [3.05, 3.63) is 28.5 Å². The van der Waals surface area contributed by atoms with Gasteiger partial charge in [-0.05, 0) is 18.9 Å². The van der Waals surface area contributed by atoms with Gasteiger partial charge in [-0.2, -0.15) is 0 Å². The molecule has 0 amide bonds. The van der Waals surface area contributed by atoms with Gasteiger partial charge >= 0.3 is 5.97 Å². The predicted octanol–water partition coefficient (Wildman–Crippen LogP) is 1.28. The molecule has 0 aromatic carbocycles. The Balaban J connectivity index is 2.02. The van der Waals surface area contributed by atoms with E-state index >= 15 is 0 Å². The summed E-state index contributed by atoms with van der Waals surface area (Å²) in [6, 6.07) is 0. The number of allylic oxidation sites excluding steroid dienone is 2. The molecular weight excluding hydrogens is 246 g/mol. The molecule has 2 unspecified atom stereocenters. The number of esters is 1. The van der Waals surface area contributed by atoms with Gasteiger partial charge < -0.3 is 14.7 Å². The molecule has 0 aliphatic heterocycles. The lowest BCUT2D eigenvalue weighted by molar-refractivity contribution is -0.419. The van der Waals surface area contributed by atoms with Gasteiger partial charge in [-0.3, -0.25) is 0 Å². The van der Waals surface area contributed by atoms with Gasteiger partial charge in [-0.25, -0.2) is 9.53 Å². The quantitative estimate of drug-likeness (QED) is 0.138. The van der Waals surface area contributed by atoms with Gasteiger partial charge in [0.1, 0.15) is 13.7 Å². The van der Waals surface area contributed by atoms with E-state index in [0.29, 0.717) is 18.0 Å². The van der Waals surface area contributed by atoms with E-state index in [1.165, 1.54) is 13.3 Å². The van der Waals surface area contributed by atoms with Crippen molar-refractivity contribution in [3.63, 3.8) is 0 Å². The van der Waals surface area contributed by atoms with Crippen LogP contribution in [-0.2, 0) is 14.3 Å². The van der Waals surface area contributed by atoms with E-state index in [1.54, 1.807) is 6.92 Å². The first-order valence-electron chi connectivity index (χ1n) is 6.53. The van der Waals surface area contributed by atoms with E-state index in [-0.39, 0.29) is 24.4 Å². The third-order valence-electron chi connectivity index (χ3n) is 3.45. The SMILES string of the molecule is CCOC(=O)C1=C(COC/C=[N+](/C)[O-])C2C=CC1C2. The minimum Gasteiger partial charge on any atom is -0.624 e. The summed E-state index contributed by atoms with van der Waals surface area (Å²) in [5.41, 5.74) is 1.76. The van der Waals surface area contributed by atoms with Crippen molar-refractivity contribution >= 4 is 12.2 Å². The number of hydrogen-bond donors (Lipinski definition) is 0. The molecule has 19 heavy (non-hydrogen) atoms. The molecule has 0 aromatic rings. The minimum absolute atomic E-state index is 0.175. The lowest BCUT2D eigenvalue weighted by Gasteiger charge is -2.15. The normalized spacial score (nSPS) is 25.3. The number of fused-ring (bicyclic) bond motifs is 2. The van der Waals surface area contributed by atoms with Crippen molar-refractivity contribution in [2.75, 3.05) is 26.9 Å². The highest BCUT2D eigenvalue weighted by molar-refractivity contribution is 5.92. The van der Waals surface area contributed by atoms with Crippen molar-refractivity contribution < 1.29 is 19.0 Å². The van der Waals surface area contributed by atoms with Gasteiger partial charge in [0.05, 0.1) is 13.2 Å². The first kappa shape index (κ1) is 13.8. The van der Waals surface area contributed by atoms with Crippen molar-refractivity contribution in [1.82, 2.24) is 0 Å². The van der Waals surface area contributed by atoms with Crippen LogP contribution in [0.2, 0.25) is 0 Å². The highest BCUT2D eigenvalue weighted by Gasteiger charge is 2.39. The van der Waals surface area contributed by atoms with Crippen LogP contribution >= 0.6 is 0 Å². The van der Waals surface area contributed by atoms with Crippen molar-refractivity contribution in [3.8, 4) is 0 Å². The Morgan fingerprint density at radius 2 is 2.26 bits per heavy atom.